The molecule has 1 fully saturated rings. The molecule has 0 aliphatic carbocycles. The van der Waals surface area contributed by atoms with Crippen molar-refractivity contribution in [1.82, 2.24) is 19.9 Å². The van der Waals surface area contributed by atoms with Gasteiger partial charge in [0.2, 0.25) is 5.88 Å². The molecule has 6 heteroatoms. The van der Waals surface area contributed by atoms with Crippen LogP contribution in [-0.2, 0) is 17.7 Å². The average Bonchev–Trinajstić information content (AvgIpc) is 3.06. The minimum atomic E-state index is 0.397. The lowest BCUT2D eigenvalue weighted by molar-refractivity contribution is -0.00826. The fraction of sp³-hybridized carbons (Fsp3) is 0.556. The topological polar surface area (TPSA) is 63.3 Å². The molecule has 0 bridgehead atoms. The van der Waals surface area contributed by atoms with Crippen LogP contribution in [0.15, 0.2) is 18.3 Å². The SMILES string of the molecule is COc1ccc(-c2nc3c([nH]2)CN(CC2CCCCO2)CC3)cn1. The first-order valence-corrected chi connectivity index (χ1v) is 8.74. The Morgan fingerprint density at radius 2 is 2.33 bits per heavy atom. The van der Waals surface area contributed by atoms with Gasteiger partial charge in [-0.15, -0.1) is 0 Å². The Bertz CT molecular complexity index is 677. The number of aromatic amines is 1. The van der Waals surface area contributed by atoms with Crippen molar-refractivity contribution < 1.29 is 9.47 Å². The number of fused-ring (bicyclic) bond motifs is 1. The normalized spacial score (nSPS) is 21.5. The van der Waals surface area contributed by atoms with E-state index in [0.717, 1.165) is 44.0 Å². The molecule has 128 valence electrons. The first kappa shape index (κ1) is 15.6. The van der Waals surface area contributed by atoms with Gasteiger partial charge >= 0.3 is 0 Å². The number of rotatable bonds is 4. The van der Waals surface area contributed by atoms with Crippen molar-refractivity contribution in [2.45, 2.75) is 38.3 Å². The molecule has 2 aliphatic heterocycles. The van der Waals surface area contributed by atoms with Crippen molar-refractivity contribution in [1.29, 1.82) is 0 Å². The monoisotopic (exact) mass is 328 g/mol. The van der Waals surface area contributed by atoms with Gasteiger partial charge in [0, 0.05) is 50.5 Å². The summed E-state index contributed by atoms with van der Waals surface area (Å²) < 4.78 is 11.0. The number of imidazole rings is 1. The van der Waals surface area contributed by atoms with E-state index >= 15 is 0 Å². The molecule has 0 aromatic carbocycles. The van der Waals surface area contributed by atoms with E-state index in [9.17, 15) is 0 Å². The van der Waals surface area contributed by atoms with Crippen LogP contribution in [0, 0.1) is 0 Å². The van der Waals surface area contributed by atoms with Gasteiger partial charge < -0.3 is 14.5 Å². The summed E-state index contributed by atoms with van der Waals surface area (Å²) in [6.07, 6.45) is 6.88. The van der Waals surface area contributed by atoms with E-state index in [0.29, 0.717) is 12.0 Å². The van der Waals surface area contributed by atoms with Gasteiger partial charge in [-0.1, -0.05) is 0 Å². The summed E-state index contributed by atoms with van der Waals surface area (Å²) in [4.78, 5) is 15.0. The molecule has 0 saturated carbocycles. The fourth-order valence-electron chi connectivity index (χ4n) is 3.52. The van der Waals surface area contributed by atoms with Crippen molar-refractivity contribution in [2.75, 3.05) is 26.8 Å². The first-order chi connectivity index (χ1) is 11.8. The molecule has 0 spiro atoms. The Labute approximate surface area is 142 Å². The van der Waals surface area contributed by atoms with E-state index < -0.39 is 0 Å². The highest BCUT2D eigenvalue weighted by Gasteiger charge is 2.24. The van der Waals surface area contributed by atoms with E-state index in [1.54, 1.807) is 13.3 Å². The zero-order chi connectivity index (χ0) is 16.4. The van der Waals surface area contributed by atoms with Gasteiger partial charge in [-0.2, -0.15) is 0 Å². The number of H-pyrrole nitrogens is 1. The molecule has 2 aliphatic rings. The van der Waals surface area contributed by atoms with Gasteiger partial charge in [0.05, 0.1) is 24.6 Å². The number of hydrogen-bond donors (Lipinski definition) is 1. The third-order valence-electron chi connectivity index (χ3n) is 4.87. The highest BCUT2D eigenvalue weighted by atomic mass is 16.5. The van der Waals surface area contributed by atoms with Crippen LogP contribution in [0.25, 0.3) is 11.4 Å². The zero-order valence-corrected chi connectivity index (χ0v) is 14.1. The third kappa shape index (κ3) is 3.30. The number of ether oxygens (including phenoxy) is 2. The van der Waals surface area contributed by atoms with Crippen LogP contribution in [0.1, 0.15) is 30.7 Å². The van der Waals surface area contributed by atoms with Crippen molar-refractivity contribution >= 4 is 0 Å². The quantitative estimate of drug-likeness (QED) is 0.934. The number of nitrogens with one attached hydrogen (secondary N) is 1. The number of hydrogen-bond acceptors (Lipinski definition) is 5. The van der Waals surface area contributed by atoms with Crippen LogP contribution in [-0.4, -0.2) is 52.8 Å². The Morgan fingerprint density at radius 3 is 3.08 bits per heavy atom. The standard InChI is InChI=1S/C18H24N4O2/c1-23-17-6-5-13(10-19-17)18-20-15-7-8-22(12-16(15)21-18)11-14-4-2-3-9-24-14/h5-6,10,14H,2-4,7-9,11-12H2,1H3,(H,20,21). The van der Waals surface area contributed by atoms with E-state index in [1.807, 2.05) is 12.1 Å². The van der Waals surface area contributed by atoms with Crippen LogP contribution >= 0.6 is 0 Å². The zero-order valence-electron chi connectivity index (χ0n) is 14.1. The van der Waals surface area contributed by atoms with Crippen molar-refractivity contribution in [3.63, 3.8) is 0 Å². The van der Waals surface area contributed by atoms with Gasteiger partial charge in [0.25, 0.3) is 0 Å². The Morgan fingerprint density at radius 1 is 1.38 bits per heavy atom. The van der Waals surface area contributed by atoms with Crippen LogP contribution in [0.3, 0.4) is 0 Å². The first-order valence-electron chi connectivity index (χ1n) is 8.74. The van der Waals surface area contributed by atoms with Gasteiger partial charge in [-0.25, -0.2) is 9.97 Å². The molecular formula is C18H24N4O2. The van der Waals surface area contributed by atoms with Gasteiger partial charge in [-0.05, 0) is 25.3 Å². The van der Waals surface area contributed by atoms with Crippen LogP contribution in [0.5, 0.6) is 5.88 Å². The Balaban J connectivity index is 1.45. The predicted molar refractivity (Wildman–Crippen MR) is 90.9 cm³/mol. The summed E-state index contributed by atoms with van der Waals surface area (Å²) in [7, 11) is 1.62. The number of methoxy groups -OCH3 is 1. The van der Waals surface area contributed by atoms with Gasteiger partial charge in [0.1, 0.15) is 5.82 Å². The minimum Gasteiger partial charge on any atom is -0.481 e. The van der Waals surface area contributed by atoms with Crippen LogP contribution in [0.4, 0.5) is 0 Å². The maximum Gasteiger partial charge on any atom is 0.212 e. The molecule has 2 aromatic rings. The van der Waals surface area contributed by atoms with Gasteiger partial charge in [-0.3, -0.25) is 4.90 Å². The highest BCUT2D eigenvalue weighted by Crippen LogP contribution is 2.24. The maximum atomic E-state index is 5.88. The molecule has 2 aromatic heterocycles. The summed E-state index contributed by atoms with van der Waals surface area (Å²) in [5, 5.41) is 0. The Kier molecular flexibility index (Phi) is 4.49. The smallest absolute Gasteiger partial charge is 0.212 e. The van der Waals surface area contributed by atoms with E-state index in [4.69, 9.17) is 14.5 Å². The average molecular weight is 328 g/mol. The van der Waals surface area contributed by atoms with Gasteiger partial charge in [0.15, 0.2) is 0 Å². The highest BCUT2D eigenvalue weighted by molar-refractivity contribution is 5.55. The molecule has 24 heavy (non-hydrogen) atoms. The second-order valence-corrected chi connectivity index (χ2v) is 6.57. The van der Waals surface area contributed by atoms with E-state index in [2.05, 4.69) is 14.9 Å². The second kappa shape index (κ2) is 6.91. The van der Waals surface area contributed by atoms with E-state index in [-0.39, 0.29) is 0 Å². The number of aromatic nitrogens is 3. The fourth-order valence-corrected chi connectivity index (χ4v) is 3.52. The molecular weight excluding hydrogens is 304 g/mol. The van der Waals surface area contributed by atoms with Crippen molar-refractivity contribution in [3.05, 3.63) is 29.7 Å². The molecule has 0 amide bonds. The van der Waals surface area contributed by atoms with E-state index in [1.165, 1.54) is 30.7 Å². The van der Waals surface area contributed by atoms with Crippen LogP contribution in [0.2, 0.25) is 0 Å². The second-order valence-electron chi connectivity index (χ2n) is 6.57. The summed E-state index contributed by atoms with van der Waals surface area (Å²) in [6, 6.07) is 3.85. The predicted octanol–water partition coefficient (Wildman–Crippen LogP) is 2.41. The molecule has 4 rings (SSSR count). The molecule has 6 nitrogen and oxygen atoms in total. The maximum absolute atomic E-state index is 5.88. The van der Waals surface area contributed by atoms with Crippen molar-refractivity contribution in [2.24, 2.45) is 0 Å². The lowest BCUT2D eigenvalue weighted by Gasteiger charge is -2.31. The Hall–Kier alpha value is -1.92. The lowest BCUT2D eigenvalue weighted by atomic mass is 10.1. The minimum absolute atomic E-state index is 0.397. The molecule has 0 radical (unpaired) electrons. The summed E-state index contributed by atoms with van der Waals surface area (Å²) >= 11 is 0. The summed E-state index contributed by atoms with van der Waals surface area (Å²) in [5.41, 5.74) is 3.40. The summed E-state index contributed by atoms with van der Waals surface area (Å²) in [6.45, 7) is 3.92. The van der Waals surface area contributed by atoms with Crippen LogP contribution < -0.4 is 4.74 Å². The molecule has 1 unspecified atom stereocenters. The number of nitrogens with zero attached hydrogens (tertiary/aromatic N) is 3. The lowest BCUT2D eigenvalue weighted by Crippen LogP contribution is -2.38. The number of pyridine rings is 1. The summed E-state index contributed by atoms with van der Waals surface area (Å²) in [5.74, 6) is 1.51. The third-order valence-corrected chi connectivity index (χ3v) is 4.87. The molecule has 1 N–H and O–H groups in total. The van der Waals surface area contributed by atoms with Crippen molar-refractivity contribution in [3.8, 4) is 17.3 Å². The largest absolute Gasteiger partial charge is 0.481 e. The molecule has 1 saturated heterocycles. The molecule has 1 atom stereocenters. The molecule has 4 heterocycles.